The molecule has 1 aliphatic heterocycles. The fourth-order valence-corrected chi connectivity index (χ4v) is 2.96. The number of hydrogen-bond donors (Lipinski definition) is 1. The second kappa shape index (κ2) is 6.15. The molecule has 2 aromatic rings. The highest BCUT2D eigenvalue weighted by atomic mass is 16.6. The van der Waals surface area contributed by atoms with Crippen LogP contribution in [0.2, 0.25) is 0 Å². The van der Waals surface area contributed by atoms with Gasteiger partial charge in [0.05, 0.1) is 12.0 Å². The Morgan fingerprint density at radius 1 is 1.23 bits per heavy atom. The van der Waals surface area contributed by atoms with E-state index >= 15 is 0 Å². The van der Waals surface area contributed by atoms with Crippen molar-refractivity contribution in [1.82, 2.24) is 5.32 Å². The topological polar surface area (TPSA) is 64.4 Å². The molecule has 114 valence electrons. The molecule has 0 aromatic heterocycles. The number of benzene rings is 2. The van der Waals surface area contributed by atoms with Crippen molar-refractivity contribution in [2.75, 3.05) is 20.2 Å². The summed E-state index contributed by atoms with van der Waals surface area (Å²) in [6.45, 7) is 1.75. The Labute approximate surface area is 129 Å². The number of methoxy groups -OCH3 is 1. The molecular weight excluding hydrogens is 280 g/mol. The van der Waals surface area contributed by atoms with Crippen LogP contribution in [0.15, 0.2) is 42.5 Å². The molecule has 3 rings (SSSR count). The van der Waals surface area contributed by atoms with Gasteiger partial charge in [0.25, 0.3) is 5.69 Å². The van der Waals surface area contributed by atoms with Gasteiger partial charge in [0.1, 0.15) is 5.75 Å². The summed E-state index contributed by atoms with van der Waals surface area (Å²) < 4.78 is 5.35. The highest BCUT2D eigenvalue weighted by Gasteiger charge is 2.21. The number of hydrogen-bond acceptors (Lipinski definition) is 4. The predicted molar refractivity (Wildman–Crippen MR) is 84.5 cm³/mol. The third-order valence-corrected chi connectivity index (χ3v) is 4.15. The molecule has 5 nitrogen and oxygen atoms in total. The SMILES string of the molecule is COc1ccc2c(c1)C(c1ccc([N+](=O)[O-])cc1)CNCC2. The number of nitro benzene ring substituents is 1. The summed E-state index contributed by atoms with van der Waals surface area (Å²) in [6, 6.07) is 13.0. The van der Waals surface area contributed by atoms with Crippen molar-refractivity contribution in [3.05, 3.63) is 69.3 Å². The molecule has 0 saturated heterocycles. The van der Waals surface area contributed by atoms with Crippen molar-refractivity contribution in [2.45, 2.75) is 12.3 Å². The second-order valence-electron chi connectivity index (χ2n) is 5.42. The van der Waals surface area contributed by atoms with Gasteiger partial charge >= 0.3 is 0 Å². The highest BCUT2D eigenvalue weighted by molar-refractivity contribution is 5.45. The molecule has 0 fully saturated rings. The molecular formula is C17H18N2O3. The summed E-state index contributed by atoms with van der Waals surface area (Å²) in [4.78, 5) is 10.4. The first-order chi connectivity index (χ1) is 10.7. The molecule has 0 radical (unpaired) electrons. The minimum Gasteiger partial charge on any atom is -0.497 e. The summed E-state index contributed by atoms with van der Waals surface area (Å²) in [7, 11) is 1.66. The predicted octanol–water partition coefficient (Wildman–Crippen LogP) is 2.88. The Bertz CT molecular complexity index is 683. The lowest BCUT2D eigenvalue weighted by Gasteiger charge is -2.19. The molecule has 0 aliphatic carbocycles. The lowest BCUT2D eigenvalue weighted by Crippen LogP contribution is -2.20. The van der Waals surface area contributed by atoms with Crippen LogP contribution in [-0.2, 0) is 6.42 Å². The first kappa shape index (κ1) is 14.5. The number of ether oxygens (including phenoxy) is 1. The Balaban J connectivity index is 2.01. The lowest BCUT2D eigenvalue weighted by atomic mass is 9.88. The van der Waals surface area contributed by atoms with Crippen LogP contribution < -0.4 is 10.1 Å². The van der Waals surface area contributed by atoms with Crippen LogP contribution in [0.1, 0.15) is 22.6 Å². The van der Waals surface area contributed by atoms with Crippen LogP contribution >= 0.6 is 0 Å². The van der Waals surface area contributed by atoms with Gasteiger partial charge in [-0.05, 0) is 41.8 Å². The molecule has 1 N–H and O–H groups in total. The fraction of sp³-hybridized carbons (Fsp3) is 0.294. The number of nitro groups is 1. The Morgan fingerprint density at radius 3 is 2.68 bits per heavy atom. The maximum absolute atomic E-state index is 10.8. The molecule has 1 unspecified atom stereocenters. The summed E-state index contributed by atoms with van der Waals surface area (Å²) in [5.41, 5.74) is 3.73. The molecule has 0 bridgehead atoms. The van der Waals surface area contributed by atoms with Crippen molar-refractivity contribution in [3.63, 3.8) is 0 Å². The van der Waals surface area contributed by atoms with Crippen molar-refractivity contribution < 1.29 is 9.66 Å². The zero-order valence-electron chi connectivity index (χ0n) is 12.4. The van der Waals surface area contributed by atoms with E-state index in [-0.39, 0.29) is 16.5 Å². The van der Waals surface area contributed by atoms with Crippen molar-refractivity contribution in [3.8, 4) is 5.75 Å². The van der Waals surface area contributed by atoms with Crippen molar-refractivity contribution in [1.29, 1.82) is 0 Å². The summed E-state index contributed by atoms with van der Waals surface area (Å²) in [5, 5.41) is 14.2. The van der Waals surface area contributed by atoms with Crippen LogP contribution in [0.25, 0.3) is 0 Å². The number of nitrogens with zero attached hydrogens (tertiary/aromatic N) is 1. The van der Waals surface area contributed by atoms with Gasteiger partial charge < -0.3 is 10.1 Å². The summed E-state index contributed by atoms with van der Waals surface area (Å²) in [5.74, 6) is 1.01. The van der Waals surface area contributed by atoms with E-state index in [1.54, 1.807) is 19.2 Å². The maximum Gasteiger partial charge on any atom is 0.269 e. The fourth-order valence-electron chi connectivity index (χ4n) is 2.96. The monoisotopic (exact) mass is 298 g/mol. The normalized spacial score (nSPS) is 17.4. The minimum absolute atomic E-state index is 0.121. The molecule has 2 aromatic carbocycles. The van der Waals surface area contributed by atoms with Crippen LogP contribution in [0, 0.1) is 10.1 Å². The van der Waals surface area contributed by atoms with E-state index in [0.29, 0.717) is 0 Å². The average molecular weight is 298 g/mol. The number of rotatable bonds is 3. The molecule has 1 heterocycles. The van der Waals surface area contributed by atoms with Crippen LogP contribution in [0.4, 0.5) is 5.69 Å². The first-order valence-electron chi connectivity index (χ1n) is 7.31. The number of nitrogens with one attached hydrogen (secondary N) is 1. The van der Waals surface area contributed by atoms with E-state index in [0.717, 1.165) is 30.8 Å². The Hall–Kier alpha value is -2.40. The van der Waals surface area contributed by atoms with E-state index in [9.17, 15) is 10.1 Å². The van der Waals surface area contributed by atoms with Gasteiger partial charge in [0.15, 0.2) is 0 Å². The molecule has 22 heavy (non-hydrogen) atoms. The Morgan fingerprint density at radius 2 is 2.00 bits per heavy atom. The quantitative estimate of drug-likeness (QED) is 0.699. The molecule has 5 heteroatoms. The zero-order valence-corrected chi connectivity index (χ0v) is 12.4. The molecule has 1 atom stereocenters. The van der Waals surface area contributed by atoms with Gasteiger partial charge in [-0.3, -0.25) is 10.1 Å². The molecule has 0 saturated carbocycles. The number of fused-ring (bicyclic) bond motifs is 1. The van der Waals surface area contributed by atoms with Crippen molar-refractivity contribution >= 4 is 5.69 Å². The van der Waals surface area contributed by atoms with E-state index in [1.165, 1.54) is 11.1 Å². The lowest BCUT2D eigenvalue weighted by molar-refractivity contribution is -0.384. The summed E-state index contributed by atoms with van der Waals surface area (Å²) >= 11 is 0. The van der Waals surface area contributed by atoms with E-state index in [2.05, 4.69) is 17.4 Å². The summed E-state index contributed by atoms with van der Waals surface area (Å²) in [6.07, 6.45) is 0.975. The smallest absolute Gasteiger partial charge is 0.269 e. The highest BCUT2D eigenvalue weighted by Crippen LogP contribution is 2.32. The van der Waals surface area contributed by atoms with Gasteiger partial charge in [0.2, 0.25) is 0 Å². The van der Waals surface area contributed by atoms with E-state index in [4.69, 9.17) is 4.74 Å². The first-order valence-corrected chi connectivity index (χ1v) is 7.31. The zero-order chi connectivity index (χ0) is 15.5. The van der Waals surface area contributed by atoms with Crippen LogP contribution in [-0.4, -0.2) is 25.1 Å². The maximum atomic E-state index is 10.8. The number of non-ortho nitro benzene ring substituents is 1. The van der Waals surface area contributed by atoms with Crippen molar-refractivity contribution in [2.24, 2.45) is 0 Å². The largest absolute Gasteiger partial charge is 0.497 e. The molecule has 0 spiro atoms. The van der Waals surface area contributed by atoms with Gasteiger partial charge in [-0.25, -0.2) is 0 Å². The van der Waals surface area contributed by atoms with Crippen LogP contribution in [0.5, 0.6) is 5.75 Å². The molecule has 0 amide bonds. The van der Waals surface area contributed by atoms with Gasteiger partial charge in [0, 0.05) is 24.6 Å². The van der Waals surface area contributed by atoms with E-state index < -0.39 is 0 Å². The van der Waals surface area contributed by atoms with Gasteiger partial charge in [-0.1, -0.05) is 18.2 Å². The Kier molecular flexibility index (Phi) is 4.06. The average Bonchev–Trinajstić information content (AvgIpc) is 2.76. The van der Waals surface area contributed by atoms with Crippen LogP contribution in [0.3, 0.4) is 0 Å². The minimum atomic E-state index is -0.369. The standard InChI is InChI=1S/C17H18N2O3/c1-22-15-7-4-13-8-9-18-11-17(16(13)10-15)12-2-5-14(6-3-12)19(20)21/h2-7,10,17-18H,8-9,11H2,1H3. The van der Waals surface area contributed by atoms with E-state index in [1.807, 2.05) is 18.2 Å². The third kappa shape index (κ3) is 2.80. The third-order valence-electron chi connectivity index (χ3n) is 4.15. The molecule has 1 aliphatic rings. The van der Waals surface area contributed by atoms with Gasteiger partial charge in [-0.15, -0.1) is 0 Å². The second-order valence-corrected chi connectivity index (χ2v) is 5.42. The van der Waals surface area contributed by atoms with Gasteiger partial charge in [-0.2, -0.15) is 0 Å².